The first-order chi connectivity index (χ1) is 11.6. The third-order valence-electron chi connectivity index (χ3n) is 3.70. The summed E-state index contributed by atoms with van der Waals surface area (Å²) in [7, 11) is 0. The van der Waals surface area contributed by atoms with E-state index in [9.17, 15) is 9.59 Å². The van der Waals surface area contributed by atoms with Gasteiger partial charge in [-0.15, -0.1) is 0 Å². The molecule has 0 saturated carbocycles. The van der Waals surface area contributed by atoms with Gasteiger partial charge >= 0.3 is 5.97 Å². The molecule has 24 heavy (non-hydrogen) atoms. The van der Waals surface area contributed by atoms with Crippen molar-refractivity contribution in [1.82, 2.24) is 5.32 Å². The van der Waals surface area contributed by atoms with Gasteiger partial charge in [0.1, 0.15) is 13.2 Å². The summed E-state index contributed by atoms with van der Waals surface area (Å²) in [5.41, 5.74) is 1.06. The molecule has 0 radical (unpaired) electrons. The van der Waals surface area contributed by atoms with Gasteiger partial charge in [-0.05, 0) is 17.7 Å². The van der Waals surface area contributed by atoms with Crippen molar-refractivity contribution in [2.75, 3.05) is 13.2 Å². The number of para-hydroxylation sites is 1. The van der Waals surface area contributed by atoms with Crippen LogP contribution in [0.15, 0.2) is 48.5 Å². The Morgan fingerprint density at radius 1 is 1.04 bits per heavy atom. The maximum atomic E-state index is 12.6. The Morgan fingerprint density at radius 2 is 1.79 bits per heavy atom. The van der Waals surface area contributed by atoms with Crippen LogP contribution in [0.3, 0.4) is 0 Å². The minimum Gasteiger partial charge on any atom is -0.486 e. The first-order valence-corrected chi connectivity index (χ1v) is 7.61. The van der Waals surface area contributed by atoms with Gasteiger partial charge in [0.15, 0.2) is 11.5 Å². The first-order valence-electron chi connectivity index (χ1n) is 7.61. The maximum Gasteiger partial charge on any atom is 0.305 e. The highest BCUT2D eigenvalue weighted by molar-refractivity contribution is 5.98. The lowest BCUT2D eigenvalue weighted by Gasteiger charge is -2.22. The molecule has 6 heteroatoms. The smallest absolute Gasteiger partial charge is 0.305 e. The topological polar surface area (TPSA) is 84.9 Å². The second-order valence-corrected chi connectivity index (χ2v) is 5.36. The number of carbonyl (C=O) groups is 2. The average Bonchev–Trinajstić information content (AvgIpc) is 2.61. The molecule has 0 fully saturated rings. The van der Waals surface area contributed by atoms with Gasteiger partial charge < -0.3 is 19.9 Å². The molecule has 2 aromatic rings. The van der Waals surface area contributed by atoms with E-state index in [1.165, 1.54) is 0 Å². The van der Waals surface area contributed by atoms with Gasteiger partial charge in [0.25, 0.3) is 5.91 Å². The van der Waals surface area contributed by atoms with Crippen LogP contribution >= 0.6 is 0 Å². The minimum absolute atomic E-state index is 0.206. The highest BCUT2D eigenvalue weighted by Crippen LogP contribution is 2.34. The van der Waals surface area contributed by atoms with Gasteiger partial charge in [0.2, 0.25) is 0 Å². The zero-order valence-electron chi connectivity index (χ0n) is 12.9. The molecule has 0 unspecified atom stereocenters. The molecule has 1 amide bonds. The Bertz CT molecular complexity index is 744. The van der Waals surface area contributed by atoms with E-state index in [0.29, 0.717) is 30.3 Å². The number of benzene rings is 2. The predicted octanol–water partition coefficient (Wildman–Crippen LogP) is 2.40. The predicted molar refractivity (Wildman–Crippen MR) is 86.3 cm³/mol. The van der Waals surface area contributed by atoms with Crippen molar-refractivity contribution in [3.8, 4) is 11.5 Å². The van der Waals surface area contributed by atoms with Crippen molar-refractivity contribution in [3.05, 3.63) is 59.7 Å². The molecule has 124 valence electrons. The number of rotatable bonds is 5. The number of hydrogen-bond acceptors (Lipinski definition) is 4. The molecule has 0 aromatic heterocycles. The molecule has 0 aliphatic carbocycles. The molecular weight excluding hydrogens is 310 g/mol. The summed E-state index contributed by atoms with van der Waals surface area (Å²) in [4.78, 5) is 23.8. The van der Waals surface area contributed by atoms with Crippen LogP contribution in [0.2, 0.25) is 0 Å². The molecule has 1 heterocycles. The van der Waals surface area contributed by atoms with Crippen LogP contribution in [0.4, 0.5) is 0 Å². The van der Waals surface area contributed by atoms with Gasteiger partial charge in [-0.2, -0.15) is 0 Å². The average molecular weight is 327 g/mol. The molecule has 1 aliphatic rings. The van der Waals surface area contributed by atoms with Crippen molar-refractivity contribution in [1.29, 1.82) is 0 Å². The third kappa shape index (κ3) is 3.48. The second kappa shape index (κ2) is 7.04. The molecule has 6 nitrogen and oxygen atoms in total. The lowest BCUT2D eigenvalue weighted by molar-refractivity contribution is -0.137. The lowest BCUT2D eigenvalue weighted by atomic mass is 10.0. The number of carboxylic acids is 1. The van der Waals surface area contributed by atoms with Crippen molar-refractivity contribution in [2.24, 2.45) is 0 Å². The third-order valence-corrected chi connectivity index (χ3v) is 3.70. The number of carbonyl (C=O) groups excluding carboxylic acids is 1. The summed E-state index contributed by atoms with van der Waals surface area (Å²) in [5.74, 6) is -0.474. The van der Waals surface area contributed by atoms with Crippen LogP contribution < -0.4 is 14.8 Å². The van der Waals surface area contributed by atoms with E-state index in [1.807, 2.05) is 6.07 Å². The van der Waals surface area contributed by atoms with Crippen LogP contribution in [0.25, 0.3) is 0 Å². The molecular formula is C18H17NO5. The Balaban J connectivity index is 1.85. The highest BCUT2D eigenvalue weighted by atomic mass is 16.6. The normalized spacial score (nSPS) is 13.8. The first kappa shape index (κ1) is 15.9. The molecule has 0 bridgehead atoms. The number of amides is 1. The van der Waals surface area contributed by atoms with E-state index in [2.05, 4.69) is 5.32 Å². The van der Waals surface area contributed by atoms with Crippen LogP contribution in [0.1, 0.15) is 28.4 Å². The van der Waals surface area contributed by atoms with Crippen LogP contribution in [-0.2, 0) is 4.79 Å². The van der Waals surface area contributed by atoms with Gasteiger partial charge in [0, 0.05) is 0 Å². The molecule has 3 rings (SSSR count). The standard InChI is InChI=1S/C18H17NO5/c20-16(21)11-14(12-5-2-1-3-6-12)19-18(22)13-7-4-8-15-17(13)24-10-9-23-15/h1-8,14H,9-11H2,(H,19,22)(H,20,21)/t14-/m0/s1. The van der Waals surface area contributed by atoms with Gasteiger partial charge in [-0.25, -0.2) is 0 Å². The molecule has 0 saturated heterocycles. The largest absolute Gasteiger partial charge is 0.486 e. The number of aliphatic carboxylic acids is 1. The molecule has 1 atom stereocenters. The summed E-state index contributed by atoms with van der Waals surface area (Å²) in [6.45, 7) is 0.804. The van der Waals surface area contributed by atoms with Gasteiger partial charge in [0.05, 0.1) is 18.0 Å². The summed E-state index contributed by atoms with van der Waals surface area (Å²) >= 11 is 0. The molecule has 1 aliphatic heterocycles. The Morgan fingerprint density at radius 3 is 2.54 bits per heavy atom. The SMILES string of the molecule is O=C(O)C[C@H](NC(=O)c1cccc2c1OCCO2)c1ccccc1. The monoisotopic (exact) mass is 327 g/mol. The second-order valence-electron chi connectivity index (χ2n) is 5.36. The van der Waals surface area contributed by atoms with Crippen LogP contribution in [0, 0.1) is 0 Å². The maximum absolute atomic E-state index is 12.6. The quantitative estimate of drug-likeness (QED) is 0.881. The van der Waals surface area contributed by atoms with E-state index >= 15 is 0 Å². The minimum atomic E-state index is -0.987. The number of nitrogens with one attached hydrogen (secondary N) is 1. The molecule has 2 N–H and O–H groups in total. The van der Waals surface area contributed by atoms with E-state index in [0.717, 1.165) is 5.56 Å². The summed E-state index contributed by atoms with van der Waals surface area (Å²) < 4.78 is 11.0. The van der Waals surface area contributed by atoms with E-state index in [1.54, 1.807) is 42.5 Å². The van der Waals surface area contributed by atoms with Crippen molar-refractivity contribution in [3.63, 3.8) is 0 Å². The van der Waals surface area contributed by atoms with E-state index in [-0.39, 0.29) is 6.42 Å². The zero-order valence-corrected chi connectivity index (χ0v) is 12.9. The fourth-order valence-electron chi connectivity index (χ4n) is 2.60. The Kier molecular flexibility index (Phi) is 4.65. The highest BCUT2D eigenvalue weighted by Gasteiger charge is 2.24. The summed E-state index contributed by atoms with van der Waals surface area (Å²) in [6, 6.07) is 13.5. The fraction of sp³-hybridized carbons (Fsp3) is 0.222. The molecule has 2 aromatic carbocycles. The number of ether oxygens (including phenoxy) is 2. The van der Waals surface area contributed by atoms with Crippen molar-refractivity contribution in [2.45, 2.75) is 12.5 Å². The molecule has 0 spiro atoms. The van der Waals surface area contributed by atoms with Crippen molar-refractivity contribution < 1.29 is 24.2 Å². The number of carboxylic acid groups (broad SMARTS) is 1. The van der Waals surface area contributed by atoms with E-state index < -0.39 is 17.9 Å². The van der Waals surface area contributed by atoms with Gasteiger partial charge in [-0.1, -0.05) is 36.4 Å². The van der Waals surface area contributed by atoms with Crippen LogP contribution in [0.5, 0.6) is 11.5 Å². The Hall–Kier alpha value is -3.02. The summed E-state index contributed by atoms with van der Waals surface area (Å²) in [5, 5.41) is 11.9. The number of fused-ring (bicyclic) bond motifs is 1. The van der Waals surface area contributed by atoms with Crippen LogP contribution in [-0.4, -0.2) is 30.2 Å². The summed E-state index contributed by atoms with van der Waals surface area (Å²) in [6.07, 6.45) is -0.206. The van der Waals surface area contributed by atoms with E-state index in [4.69, 9.17) is 14.6 Å². The Labute approximate surface area is 139 Å². The van der Waals surface area contributed by atoms with Gasteiger partial charge in [-0.3, -0.25) is 9.59 Å². The zero-order chi connectivity index (χ0) is 16.9. The lowest BCUT2D eigenvalue weighted by Crippen LogP contribution is -2.31. The fourth-order valence-corrected chi connectivity index (χ4v) is 2.60. The number of hydrogen-bond donors (Lipinski definition) is 2. The van der Waals surface area contributed by atoms with Crippen molar-refractivity contribution >= 4 is 11.9 Å².